The summed E-state index contributed by atoms with van der Waals surface area (Å²) in [5.74, 6) is -1.09. The normalized spacial score (nSPS) is 12.0. The molecular formula is C24H23F3N8O4S3. The predicted octanol–water partition coefficient (Wildman–Crippen LogP) is 3.36. The second kappa shape index (κ2) is 12.6. The lowest BCUT2D eigenvalue weighted by molar-refractivity contribution is -0.137. The summed E-state index contributed by atoms with van der Waals surface area (Å²) >= 11 is 2.11. The van der Waals surface area contributed by atoms with E-state index in [9.17, 15) is 31.2 Å². The topological polar surface area (TPSA) is 152 Å². The molecule has 0 bridgehead atoms. The SMILES string of the molecule is Cc1nnc(NC(=O)CSc2nnc(CNC(=O)c3ccc(S(=O)(=O)N(C)C)cc3)n2-c2cccc(C(F)(F)F)c2)s1. The first-order chi connectivity index (χ1) is 19.8. The fourth-order valence-corrected chi connectivity index (χ4v) is 5.75. The second-order valence-electron chi connectivity index (χ2n) is 8.74. The molecule has 0 saturated heterocycles. The van der Waals surface area contributed by atoms with Crippen molar-refractivity contribution in [2.75, 3.05) is 25.2 Å². The van der Waals surface area contributed by atoms with Gasteiger partial charge in [0.05, 0.1) is 28.4 Å². The minimum Gasteiger partial charge on any atom is -0.345 e. The Hall–Kier alpha value is -3.87. The quantitative estimate of drug-likeness (QED) is 0.249. The number of nitrogens with zero attached hydrogens (tertiary/aromatic N) is 6. The van der Waals surface area contributed by atoms with E-state index in [4.69, 9.17) is 0 Å². The van der Waals surface area contributed by atoms with Crippen molar-refractivity contribution in [1.82, 2.24) is 34.6 Å². The van der Waals surface area contributed by atoms with Crippen LogP contribution in [0.2, 0.25) is 0 Å². The van der Waals surface area contributed by atoms with Crippen LogP contribution in [0, 0.1) is 6.92 Å². The van der Waals surface area contributed by atoms with Crippen LogP contribution in [0.3, 0.4) is 0 Å². The lowest BCUT2D eigenvalue weighted by atomic mass is 10.2. The molecule has 0 saturated carbocycles. The molecule has 0 unspecified atom stereocenters. The van der Waals surface area contributed by atoms with Crippen molar-refractivity contribution >= 4 is 50.1 Å². The van der Waals surface area contributed by atoms with Crippen LogP contribution < -0.4 is 10.6 Å². The van der Waals surface area contributed by atoms with Gasteiger partial charge < -0.3 is 5.32 Å². The molecule has 0 spiro atoms. The van der Waals surface area contributed by atoms with Gasteiger partial charge in [0.2, 0.25) is 21.1 Å². The van der Waals surface area contributed by atoms with Gasteiger partial charge in [-0.05, 0) is 49.4 Å². The summed E-state index contributed by atoms with van der Waals surface area (Å²) in [5.41, 5.74) is -0.687. The van der Waals surface area contributed by atoms with Crippen LogP contribution in [-0.2, 0) is 27.5 Å². The van der Waals surface area contributed by atoms with E-state index < -0.39 is 33.6 Å². The van der Waals surface area contributed by atoms with Crippen LogP contribution in [0.4, 0.5) is 18.3 Å². The number of thioether (sulfide) groups is 1. The molecule has 0 aliphatic rings. The standard InChI is InChI=1S/C24H23F3N8O4S3/c1-14-30-32-22(41-14)29-20(36)13-40-23-33-31-19(35(23)17-6-4-5-16(11-17)24(25,26)27)12-28-21(37)15-7-9-18(10-8-15)42(38,39)34(2)3/h4-11H,12-13H2,1-3H3,(H,28,37)(H,29,32,36). The number of aryl methyl sites for hydroxylation is 1. The van der Waals surface area contributed by atoms with Gasteiger partial charge in [-0.15, -0.1) is 20.4 Å². The number of hydrogen-bond acceptors (Lipinski definition) is 10. The fraction of sp³-hybridized carbons (Fsp3) is 0.250. The highest BCUT2D eigenvalue weighted by Gasteiger charge is 2.31. The van der Waals surface area contributed by atoms with Crippen molar-refractivity contribution in [2.24, 2.45) is 0 Å². The van der Waals surface area contributed by atoms with Gasteiger partial charge in [-0.25, -0.2) is 12.7 Å². The Balaban J connectivity index is 1.55. The van der Waals surface area contributed by atoms with Gasteiger partial charge in [-0.1, -0.05) is 29.2 Å². The molecule has 0 fully saturated rings. The van der Waals surface area contributed by atoms with Gasteiger partial charge >= 0.3 is 6.18 Å². The molecular weight excluding hydrogens is 618 g/mol. The third-order valence-electron chi connectivity index (χ3n) is 5.54. The molecule has 2 amide bonds. The van der Waals surface area contributed by atoms with Gasteiger partial charge in [-0.3, -0.25) is 19.5 Å². The number of nitrogens with one attached hydrogen (secondary N) is 2. The summed E-state index contributed by atoms with van der Waals surface area (Å²) in [5, 5.41) is 22.0. The molecule has 0 radical (unpaired) electrons. The van der Waals surface area contributed by atoms with E-state index in [1.165, 1.54) is 66.4 Å². The Labute approximate surface area is 246 Å². The third-order valence-corrected chi connectivity index (χ3v) is 9.05. The molecule has 2 aromatic carbocycles. The Morgan fingerprint density at radius 3 is 2.38 bits per heavy atom. The van der Waals surface area contributed by atoms with Crippen molar-refractivity contribution in [3.63, 3.8) is 0 Å². The minimum atomic E-state index is -4.61. The van der Waals surface area contributed by atoms with Crippen molar-refractivity contribution in [3.05, 3.63) is 70.5 Å². The molecule has 0 aliphatic carbocycles. The highest BCUT2D eigenvalue weighted by Crippen LogP contribution is 2.32. The molecule has 2 N–H and O–H groups in total. The number of carbonyl (C=O) groups is 2. The van der Waals surface area contributed by atoms with E-state index in [2.05, 4.69) is 31.0 Å². The molecule has 12 nitrogen and oxygen atoms in total. The number of amides is 2. The van der Waals surface area contributed by atoms with Crippen LogP contribution >= 0.6 is 23.1 Å². The molecule has 0 atom stereocenters. The van der Waals surface area contributed by atoms with Gasteiger partial charge in [-0.2, -0.15) is 13.2 Å². The predicted molar refractivity (Wildman–Crippen MR) is 149 cm³/mol. The zero-order chi connectivity index (χ0) is 30.7. The zero-order valence-corrected chi connectivity index (χ0v) is 24.7. The Bertz CT molecular complexity index is 1700. The van der Waals surface area contributed by atoms with Gasteiger partial charge in [0.1, 0.15) is 5.01 Å². The van der Waals surface area contributed by atoms with Crippen LogP contribution in [0.15, 0.2) is 58.6 Å². The maximum Gasteiger partial charge on any atom is 0.416 e. The molecule has 0 aliphatic heterocycles. The third kappa shape index (κ3) is 7.30. The maximum absolute atomic E-state index is 13.5. The number of aromatic nitrogens is 5. The molecule has 2 heterocycles. The van der Waals surface area contributed by atoms with E-state index in [1.54, 1.807) is 6.92 Å². The van der Waals surface area contributed by atoms with E-state index in [0.29, 0.717) is 10.1 Å². The summed E-state index contributed by atoms with van der Waals surface area (Å²) in [6.45, 7) is 1.49. The smallest absolute Gasteiger partial charge is 0.345 e. The van der Waals surface area contributed by atoms with E-state index in [-0.39, 0.29) is 39.4 Å². The number of hydrogen-bond donors (Lipinski definition) is 2. The monoisotopic (exact) mass is 640 g/mol. The molecule has 222 valence electrons. The highest BCUT2D eigenvalue weighted by molar-refractivity contribution is 7.99. The number of anilines is 1. The lowest BCUT2D eigenvalue weighted by Gasteiger charge is -2.14. The van der Waals surface area contributed by atoms with Crippen molar-refractivity contribution < 1.29 is 31.2 Å². The molecule has 2 aromatic heterocycles. The van der Waals surface area contributed by atoms with E-state index in [0.717, 1.165) is 28.2 Å². The summed E-state index contributed by atoms with van der Waals surface area (Å²) in [4.78, 5) is 25.2. The molecule has 4 rings (SSSR count). The first-order valence-corrected chi connectivity index (χ1v) is 15.2. The number of carbonyl (C=O) groups excluding carboxylic acids is 2. The van der Waals surface area contributed by atoms with Crippen LogP contribution in [-0.4, -0.2) is 69.3 Å². The molecule has 18 heteroatoms. The van der Waals surface area contributed by atoms with Crippen molar-refractivity contribution in [1.29, 1.82) is 0 Å². The maximum atomic E-state index is 13.5. The van der Waals surface area contributed by atoms with Gasteiger partial charge in [0.25, 0.3) is 5.91 Å². The van der Waals surface area contributed by atoms with E-state index >= 15 is 0 Å². The fourth-order valence-electron chi connectivity index (χ4n) is 3.47. The number of alkyl halides is 3. The Kier molecular flexibility index (Phi) is 9.29. The van der Waals surface area contributed by atoms with E-state index in [1.807, 2.05) is 0 Å². The number of benzene rings is 2. The number of sulfonamides is 1. The average molecular weight is 641 g/mol. The Morgan fingerprint density at radius 1 is 1.05 bits per heavy atom. The van der Waals surface area contributed by atoms with Crippen molar-refractivity contribution in [2.45, 2.75) is 29.7 Å². The summed E-state index contributed by atoms with van der Waals surface area (Å²) in [6, 6.07) is 9.72. The number of rotatable bonds is 10. The molecule has 42 heavy (non-hydrogen) atoms. The summed E-state index contributed by atoms with van der Waals surface area (Å²) in [6.07, 6.45) is -4.61. The van der Waals surface area contributed by atoms with Crippen LogP contribution in [0.5, 0.6) is 0 Å². The average Bonchev–Trinajstić information content (AvgIpc) is 3.55. The Morgan fingerprint density at radius 2 is 1.76 bits per heavy atom. The summed E-state index contributed by atoms with van der Waals surface area (Å²) < 4.78 is 67.3. The van der Waals surface area contributed by atoms with Crippen LogP contribution in [0.25, 0.3) is 5.69 Å². The number of halogens is 3. The van der Waals surface area contributed by atoms with Crippen LogP contribution in [0.1, 0.15) is 26.8 Å². The second-order valence-corrected chi connectivity index (χ2v) is 13.0. The summed E-state index contributed by atoms with van der Waals surface area (Å²) in [7, 11) is -0.920. The molecule has 4 aromatic rings. The zero-order valence-electron chi connectivity index (χ0n) is 22.2. The first kappa shape index (κ1) is 31.1. The largest absolute Gasteiger partial charge is 0.416 e. The lowest BCUT2D eigenvalue weighted by Crippen LogP contribution is -2.25. The highest BCUT2D eigenvalue weighted by atomic mass is 32.2. The first-order valence-electron chi connectivity index (χ1n) is 11.9. The van der Waals surface area contributed by atoms with Gasteiger partial charge in [0, 0.05) is 19.7 Å². The van der Waals surface area contributed by atoms with Crippen molar-refractivity contribution in [3.8, 4) is 5.69 Å². The minimum absolute atomic E-state index is 0.000278. The van der Waals surface area contributed by atoms with Gasteiger partial charge in [0.15, 0.2) is 11.0 Å².